The van der Waals surface area contributed by atoms with Crippen LogP contribution in [-0.4, -0.2) is 25.8 Å². The second kappa shape index (κ2) is 6.04. The lowest BCUT2D eigenvalue weighted by atomic mass is 9.85. The molecule has 0 aliphatic carbocycles. The highest BCUT2D eigenvalue weighted by atomic mass is 35.5. The Morgan fingerprint density at radius 3 is 2.35 bits per heavy atom. The van der Waals surface area contributed by atoms with E-state index >= 15 is 0 Å². The van der Waals surface area contributed by atoms with E-state index in [-0.39, 0.29) is 11.2 Å². The van der Waals surface area contributed by atoms with Gasteiger partial charge in [0.1, 0.15) is 0 Å². The van der Waals surface area contributed by atoms with Gasteiger partial charge in [-0.05, 0) is 29.4 Å². The molecule has 0 atom stereocenters. The fourth-order valence-corrected chi connectivity index (χ4v) is 4.56. The van der Waals surface area contributed by atoms with E-state index in [4.69, 9.17) is 11.6 Å². The number of halogens is 1. The standard InChI is InChI=1S/C15H22ClNO2S/c1-15(2)8-3-9-17(12-15)20(18,19)11-14-6-4-13(10-16)5-7-14/h4-7H,3,8-12H2,1-2H3. The Morgan fingerprint density at radius 2 is 1.80 bits per heavy atom. The van der Waals surface area contributed by atoms with E-state index in [1.807, 2.05) is 24.3 Å². The lowest BCUT2D eigenvalue weighted by Gasteiger charge is -2.37. The van der Waals surface area contributed by atoms with E-state index in [1.54, 1.807) is 4.31 Å². The normalized spacial score (nSPS) is 19.9. The fourth-order valence-electron chi connectivity index (χ4n) is 2.63. The molecule has 0 amide bonds. The molecule has 2 rings (SSSR count). The largest absolute Gasteiger partial charge is 0.218 e. The Hall–Kier alpha value is -0.580. The molecule has 1 fully saturated rings. The Kier molecular flexibility index (Phi) is 4.77. The third-order valence-corrected chi connectivity index (χ3v) is 5.89. The van der Waals surface area contributed by atoms with Crippen LogP contribution >= 0.6 is 11.6 Å². The van der Waals surface area contributed by atoms with Crippen molar-refractivity contribution in [1.29, 1.82) is 0 Å². The molecule has 1 aliphatic rings. The first kappa shape index (κ1) is 15.8. The van der Waals surface area contributed by atoms with Crippen LogP contribution in [0.4, 0.5) is 0 Å². The molecular weight excluding hydrogens is 294 g/mol. The van der Waals surface area contributed by atoms with Gasteiger partial charge in [-0.1, -0.05) is 38.1 Å². The van der Waals surface area contributed by atoms with Crippen LogP contribution in [0.15, 0.2) is 24.3 Å². The van der Waals surface area contributed by atoms with Gasteiger partial charge in [-0.15, -0.1) is 11.6 Å². The van der Waals surface area contributed by atoms with Crippen molar-refractivity contribution in [3.05, 3.63) is 35.4 Å². The van der Waals surface area contributed by atoms with Crippen molar-refractivity contribution in [3.8, 4) is 0 Å². The lowest BCUT2D eigenvalue weighted by molar-refractivity contribution is 0.187. The molecule has 0 unspecified atom stereocenters. The fraction of sp³-hybridized carbons (Fsp3) is 0.600. The quantitative estimate of drug-likeness (QED) is 0.799. The second-order valence-electron chi connectivity index (χ2n) is 6.31. The third kappa shape index (κ3) is 3.96. The summed E-state index contributed by atoms with van der Waals surface area (Å²) in [7, 11) is -3.23. The first-order valence-electron chi connectivity index (χ1n) is 6.94. The SMILES string of the molecule is CC1(C)CCCN(S(=O)(=O)Cc2ccc(CCl)cc2)C1. The van der Waals surface area contributed by atoms with Gasteiger partial charge in [0.2, 0.25) is 10.0 Å². The van der Waals surface area contributed by atoms with Crippen molar-refractivity contribution in [1.82, 2.24) is 4.31 Å². The summed E-state index contributed by atoms with van der Waals surface area (Å²) in [6, 6.07) is 7.48. The molecule has 0 radical (unpaired) electrons. The molecule has 1 aromatic rings. The number of piperidine rings is 1. The van der Waals surface area contributed by atoms with Crippen molar-refractivity contribution >= 4 is 21.6 Å². The Balaban J connectivity index is 2.10. The minimum atomic E-state index is -3.23. The molecule has 112 valence electrons. The minimum absolute atomic E-state index is 0.0750. The van der Waals surface area contributed by atoms with Crippen LogP contribution in [-0.2, 0) is 21.7 Å². The molecule has 5 heteroatoms. The molecule has 1 heterocycles. The van der Waals surface area contributed by atoms with Gasteiger partial charge in [0.15, 0.2) is 0 Å². The summed E-state index contributed by atoms with van der Waals surface area (Å²) in [5.41, 5.74) is 1.91. The van der Waals surface area contributed by atoms with E-state index in [9.17, 15) is 8.42 Å². The topological polar surface area (TPSA) is 37.4 Å². The van der Waals surface area contributed by atoms with Crippen LogP contribution in [0, 0.1) is 5.41 Å². The molecule has 1 aliphatic heterocycles. The van der Waals surface area contributed by atoms with E-state index < -0.39 is 10.0 Å². The van der Waals surface area contributed by atoms with Gasteiger partial charge in [-0.2, -0.15) is 0 Å². The summed E-state index contributed by atoms with van der Waals surface area (Å²) >= 11 is 5.74. The highest BCUT2D eigenvalue weighted by molar-refractivity contribution is 7.88. The Morgan fingerprint density at radius 1 is 1.20 bits per heavy atom. The highest BCUT2D eigenvalue weighted by Gasteiger charge is 2.33. The second-order valence-corrected chi connectivity index (χ2v) is 8.54. The predicted molar refractivity (Wildman–Crippen MR) is 83.2 cm³/mol. The molecule has 20 heavy (non-hydrogen) atoms. The average Bonchev–Trinajstić information content (AvgIpc) is 2.38. The number of benzene rings is 1. The van der Waals surface area contributed by atoms with E-state index in [2.05, 4.69) is 13.8 Å². The van der Waals surface area contributed by atoms with Gasteiger partial charge >= 0.3 is 0 Å². The Bertz CT molecular complexity index is 552. The Labute approximate surface area is 127 Å². The minimum Gasteiger partial charge on any atom is -0.212 e. The van der Waals surface area contributed by atoms with Gasteiger partial charge in [0, 0.05) is 19.0 Å². The zero-order valence-corrected chi connectivity index (χ0v) is 13.7. The van der Waals surface area contributed by atoms with E-state index in [0.29, 0.717) is 19.0 Å². The van der Waals surface area contributed by atoms with Gasteiger partial charge in [-0.3, -0.25) is 0 Å². The van der Waals surface area contributed by atoms with Crippen LogP contribution in [0.3, 0.4) is 0 Å². The summed E-state index contributed by atoms with van der Waals surface area (Å²) in [4.78, 5) is 0. The average molecular weight is 316 g/mol. The highest BCUT2D eigenvalue weighted by Crippen LogP contribution is 2.30. The van der Waals surface area contributed by atoms with Crippen LogP contribution in [0.5, 0.6) is 0 Å². The van der Waals surface area contributed by atoms with E-state index in [0.717, 1.165) is 24.0 Å². The van der Waals surface area contributed by atoms with Crippen LogP contribution in [0.1, 0.15) is 37.8 Å². The van der Waals surface area contributed by atoms with Crippen LogP contribution in [0.25, 0.3) is 0 Å². The molecule has 3 nitrogen and oxygen atoms in total. The van der Waals surface area contributed by atoms with Gasteiger partial charge in [0.25, 0.3) is 0 Å². The van der Waals surface area contributed by atoms with Crippen molar-refractivity contribution in [3.63, 3.8) is 0 Å². The number of alkyl halides is 1. The van der Waals surface area contributed by atoms with Crippen LogP contribution < -0.4 is 0 Å². The zero-order chi connectivity index (χ0) is 14.8. The van der Waals surface area contributed by atoms with Crippen molar-refractivity contribution in [2.45, 2.75) is 38.3 Å². The number of sulfonamides is 1. The zero-order valence-electron chi connectivity index (χ0n) is 12.1. The summed E-state index contributed by atoms with van der Waals surface area (Å²) in [6.45, 7) is 5.52. The summed E-state index contributed by atoms with van der Waals surface area (Å²) in [6.07, 6.45) is 2.03. The first-order valence-corrected chi connectivity index (χ1v) is 9.08. The maximum Gasteiger partial charge on any atom is 0.218 e. The maximum atomic E-state index is 12.5. The summed E-state index contributed by atoms with van der Waals surface area (Å²) < 4.78 is 26.6. The van der Waals surface area contributed by atoms with Crippen molar-refractivity contribution in [2.75, 3.05) is 13.1 Å². The molecule has 0 aromatic heterocycles. The molecule has 0 saturated carbocycles. The van der Waals surface area contributed by atoms with Crippen molar-refractivity contribution in [2.24, 2.45) is 5.41 Å². The van der Waals surface area contributed by atoms with E-state index in [1.165, 1.54) is 0 Å². The summed E-state index contributed by atoms with van der Waals surface area (Å²) in [5.74, 6) is 0.527. The predicted octanol–water partition coefficient (Wildman–Crippen LogP) is 3.38. The molecular formula is C15H22ClNO2S. The van der Waals surface area contributed by atoms with Crippen molar-refractivity contribution < 1.29 is 8.42 Å². The molecule has 0 bridgehead atoms. The molecule has 0 N–H and O–H groups in total. The number of nitrogens with zero attached hydrogens (tertiary/aromatic N) is 1. The van der Waals surface area contributed by atoms with Gasteiger partial charge < -0.3 is 0 Å². The molecule has 1 aromatic carbocycles. The smallest absolute Gasteiger partial charge is 0.212 e. The van der Waals surface area contributed by atoms with Gasteiger partial charge in [-0.25, -0.2) is 12.7 Å². The molecule has 1 saturated heterocycles. The molecule has 0 spiro atoms. The number of hydrogen-bond donors (Lipinski definition) is 0. The first-order chi connectivity index (χ1) is 9.32. The lowest BCUT2D eigenvalue weighted by Crippen LogP contribution is -2.43. The van der Waals surface area contributed by atoms with Crippen LogP contribution in [0.2, 0.25) is 0 Å². The summed E-state index contributed by atoms with van der Waals surface area (Å²) in [5, 5.41) is 0. The number of rotatable bonds is 4. The number of hydrogen-bond acceptors (Lipinski definition) is 2. The maximum absolute atomic E-state index is 12.5. The third-order valence-electron chi connectivity index (χ3n) is 3.79. The van der Waals surface area contributed by atoms with Gasteiger partial charge in [0.05, 0.1) is 5.75 Å². The monoisotopic (exact) mass is 315 g/mol.